The van der Waals surface area contributed by atoms with Crippen molar-refractivity contribution in [1.82, 2.24) is 15.6 Å². The molecule has 190 valence electrons. The number of aliphatic hydroxyl groups is 1. The van der Waals surface area contributed by atoms with Crippen molar-refractivity contribution in [2.45, 2.75) is 38.8 Å². The van der Waals surface area contributed by atoms with E-state index in [1.54, 1.807) is 0 Å². The summed E-state index contributed by atoms with van der Waals surface area (Å²) in [4.78, 5) is 28.9. The molecule has 1 atom stereocenters. The number of benzene rings is 3. The molecule has 0 bridgehead atoms. The normalized spacial score (nSPS) is 13.8. The monoisotopic (exact) mass is 497 g/mol. The molecule has 2 amide bonds. The van der Waals surface area contributed by atoms with Crippen molar-refractivity contribution in [3.8, 4) is 16.9 Å². The quantitative estimate of drug-likeness (QED) is 0.292. The molecule has 5 rings (SSSR count). The number of ether oxygens (including phenoxy) is 1. The van der Waals surface area contributed by atoms with Gasteiger partial charge in [0.25, 0.3) is 11.8 Å². The standard InChI is InChI=1S/C30H31N3O4/c1-18(2)37-28-10-8-20(19-7-9-25-21(13-19)11-12-31-29(25)35)15-26(28)30(36)33-23(17-34)14-22-16-32-27-6-4-3-5-24(22)27/h3-10,13,15-16,18,23,32,34H,11-12,14,17H2,1-2H3,(H,31,35)(H,33,36)/t23-/m1/s1. The molecule has 7 heteroatoms. The van der Waals surface area contributed by atoms with Crippen LogP contribution in [0.5, 0.6) is 5.75 Å². The molecule has 2 heterocycles. The summed E-state index contributed by atoms with van der Waals surface area (Å²) in [6.07, 6.45) is 3.06. The third-order valence-corrected chi connectivity index (χ3v) is 6.65. The van der Waals surface area contributed by atoms with Gasteiger partial charge >= 0.3 is 0 Å². The van der Waals surface area contributed by atoms with Crippen LogP contribution in [-0.2, 0) is 12.8 Å². The number of hydrogen-bond acceptors (Lipinski definition) is 4. The second-order valence-electron chi connectivity index (χ2n) is 9.67. The van der Waals surface area contributed by atoms with Crippen molar-refractivity contribution >= 4 is 22.7 Å². The van der Waals surface area contributed by atoms with Crippen LogP contribution in [0.25, 0.3) is 22.0 Å². The number of aliphatic hydroxyl groups excluding tert-OH is 1. The van der Waals surface area contributed by atoms with Crippen LogP contribution in [0.4, 0.5) is 0 Å². The number of aromatic amines is 1. The minimum absolute atomic E-state index is 0.0567. The molecule has 0 radical (unpaired) electrons. The van der Waals surface area contributed by atoms with E-state index in [9.17, 15) is 14.7 Å². The number of para-hydroxylation sites is 1. The van der Waals surface area contributed by atoms with E-state index in [1.807, 2.05) is 80.7 Å². The number of rotatable bonds is 8. The zero-order valence-corrected chi connectivity index (χ0v) is 21.0. The van der Waals surface area contributed by atoms with Gasteiger partial charge in [-0.1, -0.05) is 36.4 Å². The summed E-state index contributed by atoms with van der Waals surface area (Å²) in [5.41, 5.74) is 5.91. The first-order valence-corrected chi connectivity index (χ1v) is 12.6. The smallest absolute Gasteiger partial charge is 0.255 e. The molecule has 37 heavy (non-hydrogen) atoms. The summed E-state index contributed by atoms with van der Waals surface area (Å²) >= 11 is 0. The summed E-state index contributed by atoms with van der Waals surface area (Å²) in [7, 11) is 0. The lowest BCUT2D eigenvalue weighted by atomic mass is 9.94. The first-order valence-electron chi connectivity index (χ1n) is 12.6. The summed E-state index contributed by atoms with van der Waals surface area (Å²) in [5, 5.41) is 17.0. The third kappa shape index (κ3) is 5.22. The predicted molar refractivity (Wildman–Crippen MR) is 144 cm³/mol. The number of H-pyrrole nitrogens is 1. The van der Waals surface area contributed by atoms with E-state index in [4.69, 9.17) is 4.74 Å². The number of hydrogen-bond donors (Lipinski definition) is 4. The van der Waals surface area contributed by atoms with Crippen LogP contribution in [0.2, 0.25) is 0 Å². The van der Waals surface area contributed by atoms with Crippen LogP contribution >= 0.6 is 0 Å². The van der Waals surface area contributed by atoms with E-state index in [-0.39, 0.29) is 24.5 Å². The highest BCUT2D eigenvalue weighted by Gasteiger charge is 2.21. The first-order chi connectivity index (χ1) is 17.9. The molecule has 1 aromatic heterocycles. The maximum absolute atomic E-state index is 13.5. The molecule has 1 aliphatic heterocycles. The molecule has 7 nitrogen and oxygen atoms in total. The van der Waals surface area contributed by atoms with E-state index < -0.39 is 6.04 Å². The van der Waals surface area contributed by atoms with Gasteiger partial charge < -0.3 is 25.5 Å². The highest BCUT2D eigenvalue weighted by atomic mass is 16.5. The Balaban J connectivity index is 1.43. The summed E-state index contributed by atoms with van der Waals surface area (Å²) in [6, 6.07) is 18.8. The Labute approximate surface area is 215 Å². The van der Waals surface area contributed by atoms with Gasteiger partial charge in [0.2, 0.25) is 0 Å². The average molecular weight is 498 g/mol. The highest BCUT2D eigenvalue weighted by molar-refractivity contribution is 5.99. The lowest BCUT2D eigenvalue weighted by molar-refractivity contribution is 0.0909. The van der Waals surface area contributed by atoms with Gasteiger partial charge in [0.05, 0.1) is 24.3 Å². The number of fused-ring (bicyclic) bond motifs is 2. The Morgan fingerprint density at radius 2 is 1.86 bits per heavy atom. The topological polar surface area (TPSA) is 103 Å². The number of aromatic nitrogens is 1. The third-order valence-electron chi connectivity index (χ3n) is 6.65. The molecular weight excluding hydrogens is 466 g/mol. The maximum atomic E-state index is 13.5. The Morgan fingerprint density at radius 3 is 2.68 bits per heavy atom. The van der Waals surface area contributed by atoms with Gasteiger partial charge in [0, 0.05) is 29.2 Å². The Kier molecular flexibility index (Phi) is 6.97. The molecule has 1 aliphatic rings. The van der Waals surface area contributed by atoms with Crippen LogP contribution in [0.3, 0.4) is 0 Å². The van der Waals surface area contributed by atoms with Crippen LogP contribution in [-0.4, -0.2) is 47.2 Å². The van der Waals surface area contributed by atoms with Crippen LogP contribution in [0, 0.1) is 0 Å². The Hall–Kier alpha value is -4.10. The molecule has 0 spiro atoms. The average Bonchev–Trinajstić information content (AvgIpc) is 3.30. The minimum Gasteiger partial charge on any atom is -0.490 e. The minimum atomic E-state index is -0.468. The van der Waals surface area contributed by atoms with E-state index in [1.165, 1.54) is 0 Å². The van der Waals surface area contributed by atoms with Crippen molar-refractivity contribution in [2.75, 3.05) is 13.2 Å². The second kappa shape index (κ2) is 10.5. The molecule has 0 saturated heterocycles. The van der Waals surface area contributed by atoms with Crippen molar-refractivity contribution in [3.05, 3.63) is 89.1 Å². The van der Waals surface area contributed by atoms with Crippen LogP contribution < -0.4 is 15.4 Å². The Morgan fingerprint density at radius 1 is 1.08 bits per heavy atom. The van der Waals surface area contributed by atoms with Gasteiger partial charge in [-0.3, -0.25) is 9.59 Å². The van der Waals surface area contributed by atoms with Gasteiger partial charge in [0.15, 0.2) is 0 Å². The summed E-state index contributed by atoms with van der Waals surface area (Å²) in [6.45, 7) is 4.25. The van der Waals surface area contributed by atoms with E-state index >= 15 is 0 Å². The van der Waals surface area contributed by atoms with Gasteiger partial charge in [-0.05, 0) is 73.2 Å². The largest absolute Gasteiger partial charge is 0.490 e. The van der Waals surface area contributed by atoms with Crippen LogP contribution in [0.1, 0.15) is 45.7 Å². The zero-order valence-electron chi connectivity index (χ0n) is 21.0. The first kappa shape index (κ1) is 24.6. The summed E-state index contributed by atoms with van der Waals surface area (Å²) < 4.78 is 5.96. The lowest BCUT2D eigenvalue weighted by Crippen LogP contribution is -2.39. The van der Waals surface area contributed by atoms with E-state index in [0.29, 0.717) is 29.8 Å². The highest BCUT2D eigenvalue weighted by Crippen LogP contribution is 2.30. The van der Waals surface area contributed by atoms with Crippen molar-refractivity contribution in [3.63, 3.8) is 0 Å². The zero-order chi connectivity index (χ0) is 25.9. The van der Waals surface area contributed by atoms with Crippen molar-refractivity contribution < 1.29 is 19.4 Å². The van der Waals surface area contributed by atoms with Crippen molar-refractivity contribution in [2.24, 2.45) is 0 Å². The molecule has 0 fully saturated rings. The molecule has 0 saturated carbocycles. The molecule has 4 aromatic rings. The fourth-order valence-corrected chi connectivity index (χ4v) is 4.84. The SMILES string of the molecule is CC(C)Oc1ccc(-c2ccc3c(c2)CCNC3=O)cc1C(=O)N[C@@H](CO)Cc1c[nH]c2ccccc12. The summed E-state index contributed by atoms with van der Waals surface area (Å²) in [5.74, 6) is 0.116. The molecule has 0 aliphatic carbocycles. The van der Waals surface area contributed by atoms with Gasteiger partial charge in [-0.15, -0.1) is 0 Å². The number of carbonyl (C=O) groups excluding carboxylic acids is 2. The number of amides is 2. The predicted octanol–water partition coefficient (Wildman–Crippen LogP) is 4.24. The van der Waals surface area contributed by atoms with E-state index in [0.717, 1.165) is 39.6 Å². The van der Waals surface area contributed by atoms with E-state index in [2.05, 4.69) is 15.6 Å². The molecular formula is C30H31N3O4. The molecule has 4 N–H and O–H groups in total. The van der Waals surface area contributed by atoms with Crippen molar-refractivity contribution in [1.29, 1.82) is 0 Å². The lowest BCUT2D eigenvalue weighted by Gasteiger charge is -2.20. The Bertz CT molecular complexity index is 1460. The van der Waals surface area contributed by atoms with Gasteiger partial charge in [-0.2, -0.15) is 0 Å². The maximum Gasteiger partial charge on any atom is 0.255 e. The molecule has 3 aromatic carbocycles. The second-order valence-corrected chi connectivity index (χ2v) is 9.67. The fourth-order valence-electron chi connectivity index (χ4n) is 4.84. The fraction of sp³-hybridized carbons (Fsp3) is 0.267. The number of carbonyl (C=O) groups is 2. The van der Waals surface area contributed by atoms with Gasteiger partial charge in [-0.25, -0.2) is 0 Å². The van der Waals surface area contributed by atoms with Crippen LogP contribution in [0.15, 0.2) is 66.9 Å². The van der Waals surface area contributed by atoms with Gasteiger partial charge in [0.1, 0.15) is 5.75 Å². The number of nitrogens with one attached hydrogen (secondary N) is 3. The molecule has 0 unspecified atom stereocenters.